The van der Waals surface area contributed by atoms with Crippen molar-refractivity contribution in [2.45, 2.75) is 58.1 Å². The molecular formula is C22H35FN2O. The summed E-state index contributed by atoms with van der Waals surface area (Å²) in [7, 11) is 0. The molecule has 1 aromatic rings. The van der Waals surface area contributed by atoms with Gasteiger partial charge in [0.2, 0.25) is 0 Å². The minimum atomic E-state index is -0.0747. The second-order valence-corrected chi connectivity index (χ2v) is 8.96. The minimum Gasteiger partial charge on any atom is -0.375 e. The van der Waals surface area contributed by atoms with Gasteiger partial charge in [0.15, 0.2) is 0 Å². The number of benzene rings is 1. The van der Waals surface area contributed by atoms with E-state index < -0.39 is 0 Å². The van der Waals surface area contributed by atoms with Crippen molar-refractivity contribution in [1.29, 1.82) is 0 Å². The third kappa shape index (κ3) is 4.29. The first-order valence-corrected chi connectivity index (χ1v) is 10.2. The molecule has 0 bridgehead atoms. The SMILES string of the molecule is CC(C)C1(N2CCN(CCc3ccccc3F)CC2)CCOC(C)(C)C1. The van der Waals surface area contributed by atoms with Crippen molar-refractivity contribution in [2.75, 3.05) is 39.3 Å². The molecule has 0 spiro atoms. The van der Waals surface area contributed by atoms with E-state index in [1.165, 1.54) is 0 Å². The number of hydrogen-bond donors (Lipinski definition) is 0. The number of halogens is 1. The van der Waals surface area contributed by atoms with Crippen LogP contribution in [0.2, 0.25) is 0 Å². The number of piperazine rings is 1. The van der Waals surface area contributed by atoms with Gasteiger partial charge in [-0.1, -0.05) is 32.0 Å². The van der Waals surface area contributed by atoms with Crippen molar-refractivity contribution in [2.24, 2.45) is 5.92 Å². The van der Waals surface area contributed by atoms with Gasteiger partial charge in [-0.15, -0.1) is 0 Å². The van der Waals surface area contributed by atoms with Crippen molar-refractivity contribution in [3.05, 3.63) is 35.6 Å². The Balaban J connectivity index is 1.57. The molecule has 1 unspecified atom stereocenters. The predicted octanol–water partition coefficient (Wildman–Crippen LogP) is 3.97. The molecule has 2 heterocycles. The van der Waals surface area contributed by atoms with Crippen molar-refractivity contribution in [3.8, 4) is 0 Å². The maximum atomic E-state index is 13.8. The van der Waals surface area contributed by atoms with Crippen LogP contribution in [0.4, 0.5) is 4.39 Å². The summed E-state index contributed by atoms with van der Waals surface area (Å²) < 4.78 is 19.8. The summed E-state index contributed by atoms with van der Waals surface area (Å²) >= 11 is 0. The van der Waals surface area contributed by atoms with Crippen LogP contribution in [0.5, 0.6) is 0 Å². The lowest BCUT2D eigenvalue weighted by molar-refractivity contribution is -0.142. The zero-order valence-electron chi connectivity index (χ0n) is 16.9. The molecule has 2 aliphatic rings. The first-order chi connectivity index (χ1) is 12.3. The maximum absolute atomic E-state index is 13.8. The normalized spacial score (nSPS) is 27.8. The predicted molar refractivity (Wildman–Crippen MR) is 105 cm³/mol. The highest BCUT2D eigenvalue weighted by Gasteiger charge is 2.47. The Labute approximate surface area is 158 Å². The lowest BCUT2D eigenvalue weighted by Gasteiger charge is -2.55. The number of rotatable bonds is 5. The second-order valence-electron chi connectivity index (χ2n) is 8.96. The third-order valence-electron chi connectivity index (χ3n) is 6.49. The van der Waals surface area contributed by atoms with E-state index in [4.69, 9.17) is 4.74 Å². The summed E-state index contributed by atoms with van der Waals surface area (Å²) in [6.45, 7) is 15.3. The van der Waals surface area contributed by atoms with Crippen LogP contribution in [0.25, 0.3) is 0 Å². The van der Waals surface area contributed by atoms with Gasteiger partial charge >= 0.3 is 0 Å². The average molecular weight is 363 g/mol. The van der Waals surface area contributed by atoms with Gasteiger partial charge in [0.1, 0.15) is 5.82 Å². The van der Waals surface area contributed by atoms with Gasteiger partial charge in [-0.2, -0.15) is 0 Å². The van der Waals surface area contributed by atoms with Crippen molar-refractivity contribution >= 4 is 0 Å². The van der Waals surface area contributed by atoms with E-state index in [1.54, 1.807) is 12.1 Å². The Hall–Kier alpha value is -0.970. The monoisotopic (exact) mass is 362 g/mol. The molecular weight excluding hydrogens is 327 g/mol. The van der Waals surface area contributed by atoms with Crippen molar-refractivity contribution < 1.29 is 9.13 Å². The highest BCUT2D eigenvalue weighted by molar-refractivity contribution is 5.17. The number of nitrogens with zero attached hydrogens (tertiary/aromatic N) is 2. The molecule has 0 saturated carbocycles. The van der Waals surface area contributed by atoms with E-state index in [1.807, 2.05) is 12.1 Å². The highest BCUT2D eigenvalue weighted by Crippen LogP contribution is 2.41. The van der Waals surface area contributed by atoms with E-state index in [2.05, 4.69) is 37.5 Å². The molecule has 1 atom stereocenters. The quantitative estimate of drug-likeness (QED) is 0.788. The summed E-state index contributed by atoms with van der Waals surface area (Å²) in [5, 5.41) is 0. The molecule has 146 valence electrons. The standard InChI is InChI=1S/C22H35FN2O/c1-18(2)22(10-16-26-21(3,4)17-22)25-14-12-24(13-15-25)11-9-19-7-5-6-8-20(19)23/h5-8,18H,9-17H2,1-4H3. The van der Waals surface area contributed by atoms with Gasteiger partial charge in [0, 0.05) is 44.9 Å². The Morgan fingerprint density at radius 3 is 2.42 bits per heavy atom. The van der Waals surface area contributed by atoms with Gasteiger partial charge in [-0.25, -0.2) is 4.39 Å². The van der Waals surface area contributed by atoms with E-state index in [0.717, 1.165) is 64.2 Å². The van der Waals surface area contributed by atoms with E-state index in [-0.39, 0.29) is 17.0 Å². The van der Waals surface area contributed by atoms with E-state index in [9.17, 15) is 4.39 Å². The smallest absolute Gasteiger partial charge is 0.126 e. The Bertz CT molecular complexity index is 596. The summed E-state index contributed by atoms with van der Waals surface area (Å²) in [6, 6.07) is 7.16. The molecule has 0 aromatic heterocycles. The first kappa shape index (κ1) is 19.8. The van der Waals surface area contributed by atoms with Crippen LogP contribution in [-0.2, 0) is 11.2 Å². The van der Waals surface area contributed by atoms with Crippen LogP contribution < -0.4 is 0 Å². The van der Waals surface area contributed by atoms with Crippen LogP contribution in [-0.4, -0.2) is 60.3 Å². The first-order valence-electron chi connectivity index (χ1n) is 10.2. The average Bonchev–Trinajstić information content (AvgIpc) is 2.60. The molecule has 1 aromatic carbocycles. The summed E-state index contributed by atoms with van der Waals surface area (Å²) in [5.41, 5.74) is 1.05. The van der Waals surface area contributed by atoms with Gasteiger partial charge in [0.05, 0.1) is 5.60 Å². The largest absolute Gasteiger partial charge is 0.375 e. The molecule has 2 aliphatic heterocycles. The third-order valence-corrected chi connectivity index (χ3v) is 6.49. The molecule has 0 aliphatic carbocycles. The van der Waals surface area contributed by atoms with Crippen LogP contribution >= 0.6 is 0 Å². The van der Waals surface area contributed by atoms with Crippen molar-refractivity contribution in [1.82, 2.24) is 9.80 Å². The number of hydrogen-bond acceptors (Lipinski definition) is 3. The topological polar surface area (TPSA) is 15.7 Å². The minimum absolute atomic E-state index is 0.0372. The van der Waals surface area contributed by atoms with Gasteiger partial charge in [-0.05, 0) is 50.7 Å². The molecule has 0 radical (unpaired) electrons. The summed E-state index contributed by atoms with van der Waals surface area (Å²) in [6.07, 6.45) is 3.03. The van der Waals surface area contributed by atoms with Crippen molar-refractivity contribution in [3.63, 3.8) is 0 Å². The molecule has 3 nitrogen and oxygen atoms in total. The molecule has 4 heteroatoms. The summed E-state index contributed by atoms with van der Waals surface area (Å²) in [5.74, 6) is 0.546. The van der Waals surface area contributed by atoms with Gasteiger partial charge in [0.25, 0.3) is 0 Å². The molecule has 26 heavy (non-hydrogen) atoms. The summed E-state index contributed by atoms with van der Waals surface area (Å²) in [4.78, 5) is 5.21. The van der Waals surface area contributed by atoms with Gasteiger partial charge < -0.3 is 9.64 Å². The second kappa shape index (κ2) is 7.95. The Kier molecular flexibility index (Phi) is 6.05. The zero-order chi connectivity index (χ0) is 18.8. The van der Waals surface area contributed by atoms with Crippen LogP contribution in [0, 0.1) is 11.7 Å². The van der Waals surface area contributed by atoms with Crippen LogP contribution in [0.3, 0.4) is 0 Å². The van der Waals surface area contributed by atoms with Crippen LogP contribution in [0.15, 0.2) is 24.3 Å². The molecule has 0 amide bonds. The molecule has 2 saturated heterocycles. The fourth-order valence-corrected chi connectivity index (χ4v) is 4.91. The molecule has 2 fully saturated rings. The van der Waals surface area contributed by atoms with Crippen LogP contribution in [0.1, 0.15) is 46.1 Å². The Morgan fingerprint density at radius 2 is 1.81 bits per heavy atom. The number of ether oxygens (including phenoxy) is 1. The van der Waals surface area contributed by atoms with E-state index in [0.29, 0.717) is 5.92 Å². The van der Waals surface area contributed by atoms with Gasteiger partial charge in [-0.3, -0.25) is 4.90 Å². The molecule has 3 rings (SSSR count). The Morgan fingerprint density at radius 1 is 1.12 bits per heavy atom. The highest BCUT2D eigenvalue weighted by atomic mass is 19.1. The maximum Gasteiger partial charge on any atom is 0.126 e. The zero-order valence-corrected chi connectivity index (χ0v) is 16.9. The van der Waals surface area contributed by atoms with E-state index >= 15 is 0 Å². The fraction of sp³-hybridized carbons (Fsp3) is 0.727. The fourth-order valence-electron chi connectivity index (χ4n) is 4.91. The lowest BCUT2D eigenvalue weighted by Crippen LogP contribution is -2.63. The lowest BCUT2D eigenvalue weighted by atomic mass is 9.72. The molecule has 0 N–H and O–H groups in total.